The summed E-state index contributed by atoms with van der Waals surface area (Å²) < 4.78 is 5.24. The van der Waals surface area contributed by atoms with Crippen LogP contribution in [0.3, 0.4) is 0 Å². The number of hydrogen-bond donors (Lipinski definition) is 1. The van der Waals surface area contributed by atoms with Gasteiger partial charge in [-0.15, -0.1) is 0 Å². The summed E-state index contributed by atoms with van der Waals surface area (Å²) >= 11 is 0. The fraction of sp³-hybridized carbons (Fsp3) is 0.933. The third kappa shape index (κ3) is 2.71. The van der Waals surface area contributed by atoms with Gasteiger partial charge in [-0.2, -0.15) is 0 Å². The molecule has 0 aromatic heterocycles. The van der Waals surface area contributed by atoms with E-state index in [0.717, 1.165) is 19.3 Å². The average molecular weight is 253 g/mol. The van der Waals surface area contributed by atoms with Crippen molar-refractivity contribution in [3.8, 4) is 0 Å². The van der Waals surface area contributed by atoms with Crippen molar-refractivity contribution < 1.29 is 9.53 Å². The van der Waals surface area contributed by atoms with E-state index in [1.54, 1.807) is 0 Å². The molecule has 2 atom stereocenters. The molecule has 2 N–H and O–H groups in total. The first kappa shape index (κ1) is 13.9. The first-order valence-corrected chi connectivity index (χ1v) is 7.64. The van der Waals surface area contributed by atoms with Gasteiger partial charge in [0, 0.05) is 0 Å². The largest absolute Gasteiger partial charge is 0.465 e. The zero-order valence-electron chi connectivity index (χ0n) is 11.6. The molecule has 104 valence electrons. The van der Waals surface area contributed by atoms with Gasteiger partial charge in [0.1, 0.15) is 5.54 Å². The average Bonchev–Trinajstić information content (AvgIpc) is 2.40. The number of nitrogens with two attached hydrogens (primary N) is 1. The molecule has 0 radical (unpaired) electrons. The van der Waals surface area contributed by atoms with Crippen LogP contribution in [0.1, 0.15) is 64.7 Å². The fourth-order valence-electron chi connectivity index (χ4n) is 3.94. The van der Waals surface area contributed by atoms with Gasteiger partial charge in [-0.05, 0) is 31.6 Å². The quantitative estimate of drug-likeness (QED) is 0.787. The standard InChI is InChI=1S/C15H27NO2/c1-2-18-14(17)15(16)11-7-6-10-13(15)12-8-4-3-5-9-12/h12-13H,2-11,16H2,1H3. The van der Waals surface area contributed by atoms with Crippen molar-refractivity contribution >= 4 is 5.97 Å². The van der Waals surface area contributed by atoms with Gasteiger partial charge in [-0.3, -0.25) is 4.79 Å². The molecular weight excluding hydrogens is 226 g/mol. The van der Waals surface area contributed by atoms with Crippen LogP contribution in [0.25, 0.3) is 0 Å². The van der Waals surface area contributed by atoms with Gasteiger partial charge in [-0.1, -0.05) is 44.9 Å². The second kappa shape index (κ2) is 6.05. The third-order valence-electron chi connectivity index (χ3n) is 4.89. The Kier molecular flexibility index (Phi) is 4.66. The summed E-state index contributed by atoms with van der Waals surface area (Å²) in [5.74, 6) is 0.847. The lowest BCUT2D eigenvalue weighted by molar-refractivity contribution is -0.155. The Bertz CT molecular complexity index is 286. The lowest BCUT2D eigenvalue weighted by Gasteiger charge is -2.44. The summed E-state index contributed by atoms with van der Waals surface area (Å²) in [6, 6.07) is 0. The number of hydrogen-bond acceptors (Lipinski definition) is 3. The lowest BCUT2D eigenvalue weighted by atomic mass is 9.64. The Morgan fingerprint density at radius 1 is 1.17 bits per heavy atom. The van der Waals surface area contributed by atoms with E-state index < -0.39 is 5.54 Å². The highest BCUT2D eigenvalue weighted by Crippen LogP contribution is 2.43. The van der Waals surface area contributed by atoms with Gasteiger partial charge in [-0.25, -0.2) is 0 Å². The van der Waals surface area contributed by atoms with Crippen LogP contribution in [0.15, 0.2) is 0 Å². The topological polar surface area (TPSA) is 52.3 Å². The number of rotatable bonds is 3. The van der Waals surface area contributed by atoms with Crippen LogP contribution in [0.4, 0.5) is 0 Å². The van der Waals surface area contributed by atoms with Gasteiger partial charge in [0.05, 0.1) is 6.61 Å². The molecule has 0 heterocycles. The second-order valence-corrected chi connectivity index (χ2v) is 6.01. The molecule has 0 aliphatic heterocycles. The number of esters is 1. The Morgan fingerprint density at radius 3 is 2.50 bits per heavy atom. The summed E-state index contributed by atoms with van der Waals surface area (Å²) in [7, 11) is 0. The van der Waals surface area contributed by atoms with Crippen LogP contribution < -0.4 is 5.73 Å². The van der Waals surface area contributed by atoms with Gasteiger partial charge < -0.3 is 10.5 Å². The molecule has 2 saturated carbocycles. The van der Waals surface area contributed by atoms with Crippen LogP contribution in [-0.4, -0.2) is 18.1 Å². The van der Waals surface area contributed by atoms with Gasteiger partial charge in [0.25, 0.3) is 0 Å². The predicted molar refractivity (Wildman–Crippen MR) is 72.1 cm³/mol. The number of carbonyl (C=O) groups is 1. The van der Waals surface area contributed by atoms with E-state index in [4.69, 9.17) is 10.5 Å². The van der Waals surface area contributed by atoms with Crippen LogP contribution in [-0.2, 0) is 9.53 Å². The molecule has 2 rings (SSSR count). The monoisotopic (exact) mass is 253 g/mol. The maximum Gasteiger partial charge on any atom is 0.326 e. The van der Waals surface area contributed by atoms with Crippen molar-refractivity contribution in [3.63, 3.8) is 0 Å². The highest BCUT2D eigenvalue weighted by atomic mass is 16.5. The Labute approximate surface area is 110 Å². The van der Waals surface area contributed by atoms with E-state index in [-0.39, 0.29) is 5.97 Å². The Hall–Kier alpha value is -0.570. The molecule has 0 aromatic rings. The van der Waals surface area contributed by atoms with E-state index in [1.165, 1.54) is 38.5 Å². The van der Waals surface area contributed by atoms with E-state index in [9.17, 15) is 4.79 Å². The van der Waals surface area contributed by atoms with Crippen molar-refractivity contribution in [3.05, 3.63) is 0 Å². The number of carbonyl (C=O) groups excluding carboxylic acids is 1. The van der Waals surface area contributed by atoms with Crippen molar-refractivity contribution in [2.75, 3.05) is 6.61 Å². The van der Waals surface area contributed by atoms with E-state index in [0.29, 0.717) is 18.4 Å². The molecule has 0 saturated heterocycles. The maximum atomic E-state index is 12.2. The fourth-order valence-corrected chi connectivity index (χ4v) is 3.94. The molecule has 2 aliphatic carbocycles. The predicted octanol–water partition coefficient (Wildman–Crippen LogP) is 3.02. The Morgan fingerprint density at radius 2 is 1.83 bits per heavy atom. The van der Waals surface area contributed by atoms with Crippen molar-refractivity contribution in [1.82, 2.24) is 0 Å². The smallest absolute Gasteiger partial charge is 0.326 e. The summed E-state index contributed by atoms with van der Waals surface area (Å²) in [6.45, 7) is 2.30. The SMILES string of the molecule is CCOC(=O)C1(N)CCCCC1C1CCCCC1. The molecule has 0 amide bonds. The zero-order chi connectivity index (χ0) is 13.0. The van der Waals surface area contributed by atoms with E-state index in [1.807, 2.05) is 6.92 Å². The van der Waals surface area contributed by atoms with Crippen LogP contribution in [0, 0.1) is 11.8 Å². The van der Waals surface area contributed by atoms with Gasteiger partial charge in [0.15, 0.2) is 0 Å². The van der Waals surface area contributed by atoms with Crippen LogP contribution in [0.5, 0.6) is 0 Å². The van der Waals surface area contributed by atoms with Gasteiger partial charge in [0.2, 0.25) is 0 Å². The highest BCUT2D eigenvalue weighted by molar-refractivity contribution is 5.81. The molecule has 0 bridgehead atoms. The van der Waals surface area contributed by atoms with Crippen molar-refractivity contribution in [2.45, 2.75) is 70.3 Å². The summed E-state index contributed by atoms with van der Waals surface area (Å²) in [5, 5.41) is 0. The summed E-state index contributed by atoms with van der Waals surface area (Å²) in [4.78, 5) is 12.2. The lowest BCUT2D eigenvalue weighted by Crippen LogP contribution is -2.58. The highest BCUT2D eigenvalue weighted by Gasteiger charge is 2.47. The normalized spacial score (nSPS) is 34.2. The molecule has 18 heavy (non-hydrogen) atoms. The minimum absolute atomic E-state index is 0.153. The Balaban J connectivity index is 2.10. The van der Waals surface area contributed by atoms with Crippen LogP contribution in [0.2, 0.25) is 0 Å². The summed E-state index contributed by atoms with van der Waals surface area (Å²) in [5.41, 5.74) is 5.79. The molecule has 2 aliphatic rings. The second-order valence-electron chi connectivity index (χ2n) is 6.01. The van der Waals surface area contributed by atoms with E-state index >= 15 is 0 Å². The molecule has 2 fully saturated rings. The van der Waals surface area contributed by atoms with Crippen molar-refractivity contribution in [2.24, 2.45) is 17.6 Å². The van der Waals surface area contributed by atoms with Crippen molar-refractivity contribution in [1.29, 1.82) is 0 Å². The molecule has 3 heteroatoms. The molecule has 0 spiro atoms. The van der Waals surface area contributed by atoms with Gasteiger partial charge >= 0.3 is 5.97 Å². The zero-order valence-corrected chi connectivity index (χ0v) is 11.6. The first-order chi connectivity index (χ1) is 8.68. The van der Waals surface area contributed by atoms with Crippen LogP contribution >= 0.6 is 0 Å². The summed E-state index contributed by atoms with van der Waals surface area (Å²) in [6.07, 6.45) is 10.7. The molecule has 2 unspecified atom stereocenters. The minimum Gasteiger partial charge on any atom is -0.465 e. The molecular formula is C15H27NO2. The third-order valence-corrected chi connectivity index (χ3v) is 4.89. The minimum atomic E-state index is -0.698. The molecule has 3 nitrogen and oxygen atoms in total. The maximum absolute atomic E-state index is 12.2. The number of ether oxygens (including phenoxy) is 1. The first-order valence-electron chi connectivity index (χ1n) is 7.64. The van der Waals surface area contributed by atoms with E-state index in [2.05, 4.69) is 0 Å². The molecule has 0 aromatic carbocycles.